The lowest BCUT2D eigenvalue weighted by molar-refractivity contribution is 0.0703. The molecule has 31 heavy (non-hydrogen) atoms. The first-order valence-corrected chi connectivity index (χ1v) is 12.3. The molecule has 0 spiro atoms. The number of piperidine rings is 1. The van der Waals surface area contributed by atoms with Crippen LogP contribution >= 0.6 is 23.1 Å². The Morgan fingerprint density at radius 2 is 2.06 bits per heavy atom. The van der Waals surface area contributed by atoms with Gasteiger partial charge in [-0.3, -0.25) is 4.79 Å². The van der Waals surface area contributed by atoms with Crippen LogP contribution in [-0.2, 0) is 5.75 Å². The number of fused-ring (bicyclic) bond motifs is 1. The SMILES string of the molecule is Cc1cc(CSc2ccccc2C(=O)N2CCC[C@H](c3nc4ccccc4s3)C2)no1. The van der Waals surface area contributed by atoms with Crippen molar-refractivity contribution in [2.45, 2.75) is 36.3 Å². The third kappa shape index (κ3) is 4.38. The number of benzene rings is 2. The van der Waals surface area contributed by atoms with Gasteiger partial charge >= 0.3 is 0 Å². The Morgan fingerprint density at radius 1 is 1.23 bits per heavy atom. The van der Waals surface area contributed by atoms with Crippen molar-refractivity contribution in [1.82, 2.24) is 15.0 Å². The molecule has 2 aromatic carbocycles. The number of thiazole rings is 1. The molecule has 0 bridgehead atoms. The maximum atomic E-state index is 13.4. The second-order valence-electron chi connectivity index (χ2n) is 7.82. The highest BCUT2D eigenvalue weighted by Crippen LogP contribution is 2.34. The molecule has 1 saturated heterocycles. The van der Waals surface area contributed by atoms with Crippen molar-refractivity contribution in [3.8, 4) is 0 Å². The fraction of sp³-hybridized carbons (Fsp3) is 0.292. The molecule has 0 saturated carbocycles. The van der Waals surface area contributed by atoms with Crippen molar-refractivity contribution in [3.63, 3.8) is 0 Å². The highest BCUT2D eigenvalue weighted by Gasteiger charge is 2.28. The van der Waals surface area contributed by atoms with E-state index in [2.05, 4.69) is 23.4 Å². The van der Waals surface area contributed by atoms with Gasteiger partial charge in [-0.05, 0) is 44.0 Å². The molecule has 5 rings (SSSR count). The molecule has 1 fully saturated rings. The first-order chi connectivity index (χ1) is 15.2. The number of likely N-dealkylation sites (tertiary alicyclic amines) is 1. The number of carbonyl (C=O) groups is 1. The zero-order chi connectivity index (χ0) is 21.2. The Kier molecular flexibility index (Phi) is 5.78. The van der Waals surface area contributed by atoms with Gasteiger partial charge in [0, 0.05) is 35.7 Å². The van der Waals surface area contributed by atoms with Gasteiger partial charge in [0.2, 0.25) is 0 Å². The quantitative estimate of drug-likeness (QED) is 0.355. The summed E-state index contributed by atoms with van der Waals surface area (Å²) in [6.07, 6.45) is 2.07. The van der Waals surface area contributed by atoms with Crippen molar-refractivity contribution >= 4 is 39.2 Å². The lowest BCUT2D eigenvalue weighted by Crippen LogP contribution is -2.39. The van der Waals surface area contributed by atoms with Gasteiger partial charge in [0.25, 0.3) is 5.91 Å². The molecule has 1 amide bonds. The lowest BCUT2D eigenvalue weighted by Gasteiger charge is -2.32. The molecule has 2 aromatic heterocycles. The summed E-state index contributed by atoms with van der Waals surface area (Å²) in [4.78, 5) is 21.3. The van der Waals surface area contributed by atoms with Gasteiger partial charge in [0.05, 0.1) is 26.5 Å². The number of aromatic nitrogens is 2. The Hall–Kier alpha value is -2.64. The monoisotopic (exact) mass is 449 g/mol. The van der Waals surface area contributed by atoms with Crippen molar-refractivity contribution < 1.29 is 9.32 Å². The zero-order valence-corrected chi connectivity index (χ0v) is 18.9. The third-order valence-electron chi connectivity index (χ3n) is 5.54. The molecular weight excluding hydrogens is 426 g/mol. The molecular formula is C24H23N3O2S2. The number of amides is 1. The van der Waals surface area contributed by atoms with E-state index in [0.717, 1.165) is 58.4 Å². The number of rotatable bonds is 5. The summed E-state index contributed by atoms with van der Waals surface area (Å²) < 4.78 is 6.37. The number of thioether (sulfide) groups is 1. The van der Waals surface area contributed by atoms with E-state index in [1.54, 1.807) is 23.1 Å². The molecule has 1 atom stereocenters. The van der Waals surface area contributed by atoms with Crippen LogP contribution in [0, 0.1) is 6.92 Å². The first-order valence-electron chi connectivity index (χ1n) is 10.5. The van der Waals surface area contributed by atoms with Crippen LogP contribution in [0.2, 0.25) is 0 Å². The highest BCUT2D eigenvalue weighted by molar-refractivity contribution is 7.98. The molecule has 4 aromatic rings. The lowest BCUT2D eigenvalue weighted by atomic mass is 9.98. The predicted molar refractivity (Wildman–Crippen MR) is 125 cm³/mol. The van der Waals surface area contributed by atoms with Crippen LogP contribution in [-0.4, -0.2) is 34.0 Å². The minimum atomic E-state index is 0.102. The first kappa shape index (κ1) is 20.3. The summed E-state index contributed by atoms with van der Waals surface area (Å²) >= 11 is 3.38. The molecule has 0 radical (unpaired) electrons. The molecule has 3 heterocycles. The second-order valence-corrected chi connectivity index (χ2v) is 9.90. The van der Waals surface area contributed by atoms with E-state index >= 15 is 0 Å². The molecule has 1 aliphatic heterocycles. The summed E-state index contributed by atoms with van der Waals surface area (Å²) in [6.45, 7) is 3.40. The summed E-state index contributed by atoms with van der Waals surface area (Å²) in [5.41, 5.74) is 2.70. The molecule has 7 heteroatoms. The summed E-state index contributed by atoms with van der Waals surface area (Å²) in [7, 11) is 0. The fourth-order valence-electron chi connectivity index (χ4n) is 4.01. The normalized spacial score (nSPS) is 16.7. The molecule has 0 N–H and O–H groups in total. The van der Waals surface area contributed by atoms with Crippen LogP contribution in [0.25, 0.3) is 10.2 Å². The van der Waals surface area contributed by atoms with Crippen LogP contribution in [0.4, 0.5) is 0 Å². The van der Waals surface area contributed by atoms with Crippen LogP contribution in [0.3, 0.4) is 0 Å². The van der Waals surface area contributed by atoms with Crippen LogP contribution < -0.4 is 0 Å². The van der Waals surface area contributed by atoms with Crippen LogP contribution in [0.15, 0.2) is 64.0 Å². The minimum Gasteiger partial charge on any atom is -0.361 e. The number of para-hydroxylation sites is 1. The largest absolute Gasteiger partial charge is 0.361 e. The van der Waals surface area contributed by atoms with Gasteiger partial charge in [-0.2, -0.15) is 0 Å². The smallest absolute Gasteiger partial charge is 0.255 e. The topological polar surface area (TPSA) is 59.2 Å². The number of nitrogens with zero attached hydrogens (tertiary/aromatic N) is 3. The second kappa shape index (κ2) is 8.85. The average molecular weight is 450 g/mol. The summed E-state index contributed by atoms with van der Waals surface area (Å²) in [5, 5.41) is 5.20. The van der Waals surface area contributed by atoms with Gasteiger partial charge in [0.1, 0.15) is 5.76 Å². The fourth-order valence-corrected chi connectivity index (χ4v) is 6.02. The maximum absolute atomic E-state index is 13.4. The van der Waals surface area contributed by atoms with Crippen molar-refractivity contribution in [2.75, 3.05) is 13.1 Å². The van der Waals surface area contributed by atoms with Gasteiger partial charge in [0.15, 0.2) is 0 Å². The maximum Gasteiger partial charge on any atom is 0.255 e. The standard InChI is InChI=1S/C24H23N3O2S2/c1-16-13-18(26-29-16)15-30-21-10-4-2-8-19(21)24(28)27-12-6-7-17(14-27)23-25-20-9-3-5-11-22(20)31-23/h2-5,8-11,13,17H,6-7,12,14-15H2,1H3/t17-/m0/s1. The molecule has 5 nitrogen and oxygen atoms in total. The van der Waals surface area contributed by atoms with E-state index in [-0.39, 0.29) is 5.91 Å². The molecule has 0 aliphatic carbocycles. The number of hydrogen-bond donors (Lipinski definition) is 0. The minimum absolute atomic E-state index is 0.102. The van der Waals surface area contributed by atoms with Gasteiger partial charge < -0.3 is 9.42 Å². The van der Waals surface area contributed by atoms with Crippen molar-refractivity contribution in [3.05, 3.63) is 76.6 Å². The van der Waals surface area contributed by atoms with Crippen LogP contribution in [0.5, 0.6) is 0 Å². The molecule has 158 valence electrons. The Bertz CT molecular complexity index is 1180. The van der Waals surface area contributed by atoms with Crippen molar-refractivity contribution in [1.29, 1.82) is 0 Å². The summed E-state index contributed by atoms with van der Waals surface area (Å²) in [5.74, 6) is 1.88. The number of hydrogen-bond acceptors (Lipinski definition) is 6. The number of aryl methyl sites for hydroxylation is 1. The highest BCUT2D eigenvalue weighted by atomic mass is 32.2. The Labute approximate surface area is 189 Å². The average Bonchev–Trinajstić information content (AvgIpc) is 3.43. The van der Waals surface area contributed by atoms with E-state index < -0.39 is 0 Å². The van der Waals surface area contributed by atoms with E-state index in [0.29, 0.717) is 11.7 Å². The van der Waals surface area contributed by atoms with E-state index in [1.807, 2.05) is 48.2 Å². The van der Waals surface area contributed by atoms with Gasteiger partial charge in [-0.1, -0.05) is 29.4 Å². The zero-order valence-electron chi connectivity index (χ0n) is 17.3. The van der Waals surface area contributed by atoms with E-state index in [9.17, 15) is 4.79 Å². The van der Waals surface area contributed by atoms with E-state index in [1.165, 1.54) is 4.70 Å². The van der Waals surface area contributed by atoms with Crippen LogP contribution in [0.1, 0.15) is 45.6 Å². The van der Waals surface area contributed by atoms with Gasteiger partial charge in [-0.15, -0.1) is 23.1 Å². The van der Waals surface area contributed by atoms with Gasteiger partial charge in [-0.25, -0.2) is 4.98 Å². The number of carbonyl (C=O) groups excluding carboxylic acids is 1. The molecule has 1 aliphatic rings. The molecule has 0 unspecified atom stereocenters. The van der Waals surface area contributed by atoms with Crippen molar-refractivity contribution in [2.24, 2.45) is 0 Å². The third-order valence-corrected chi connectivity index (χ3v) is 7.84. The Morgan fingerprint density at radius 3 is 2.90 bits per heavy atom. The predicted octanol–water partition coefficient (Wildman–Crippen LogP) is 5.90. The summed E-state index contributed by atoms with van der Waals surface area (Å²) in [6, 6.07) is 18.1. The van der Waals surface area contributed by atoms with E-state index in [4.69, 9.17) is 9.51 Å². The Balaban J connectivity index is 1.32.